The minimum Gasteiger partial charge on any atom is -0.486 e. The third kappa shape index (κ3) is 2.20. The number of hydrogen-bond acceptors (Lipinski definition) is 4. The Kier molecular flexibility index (Phi) is 3.23. The number of nitrogens with one attached hydrogen (secondary N) is 1. The van der Waals surface area contributed by atoms with Crippen molar-refractivity contribution < 1.29 is 19.1 Å². The maximum Gasteiger partial charge on any atom is 0.258 e. The minimum atomic E-state index is -0.881. The predicted octanol–water partition coefficient (Wildman–Crippen LogP) is 0.808. The lowest BCUT2D eigenvalue weighted by Gasteiger charge is -2.41. The van der Waals surface area contributed by atoms with Gasteiger partial charge in [-0.15, -0.1) is 0 Å². The molecule has 0 aliphatic carbocycles. The molecule has 2 amide bonds. The van der Waals surface area contributed by atoms with Crippen molar-refractivity contribution in [2.75, 3.05) is 26.3 Å². The number of carbonyl (C=O) groups excluding carboxylic acids is 2. The van der Waals surface area contributed by atoms with Crippen LogP contribution < -0.4 is 14.8 Å². The molecule has 2 heterocycles. The fourth-order valence-corrected chi connectivity index (χ4v) is 2.64. The zero-order chi connectivity index (χ0) is 15.0. The summed E-state index contributed by atoms with van der Waals surface area (Å²) in [4.78, 5) is 26.4. The molecule has 0 aromatic heterocycles. The topological polar surface area (TPSA) is 67.9 Å². The molecule has 6 heteroatoms. The molecule has 0 saturated carbocycles. The first kappa shape index (κ1) is 13.7. The van der Waals surface area contributed by atoms with Gasteiger partial charge in [0.15, 0.2) is 11.5 Å². The normalized spacial score (nSPS) is 19.9. The molecule has 1 saturated heterocycles. The van der Waals surface area contributed by atoms with Gasteiger partial charge >= 0.3 is 0 Å². The molecule has 0 spiro atoms. The van der Waals surface area contributed by atoms with E-state index < -0.39 is 5.54 Å². The van der Waals surface area contributed by atoms with Gasteiger partial charge in [-0.1, -0.05) is 6.07 Å². The highest BCUT2D eigenvalue weighted by molar-refractivity contribution is 6.02. The number of carbonyl (C=O) groups is 2. The fraction of sp³-hybridized carbons (Fsp3) is 0.467. The molecule has 2 aliphatic rings. The van der Waals surface area contributed by atoms with Gasteiger partial charge in [0.2, 0.25) is 5.91 Å². The molecule has 1 fully saturated rings. The number of fused-ring (bicyclic) bond motifs is 1. The van der Waals surface area contributed by atoms with Crippen molar-refractivity contribution in [1.29, 1.82) is 0 Å². The summed E-state index contributed by atoms with van der Waals surface area (Å²) in [5, 5.41) is 2.78. The summed E-state index contributed by atoms with van der Waals surface area (Å²) in [6.45, 7) is 5.31. The Balaban J connectivity index is 1.97. The summed E-state index contributed by atoms with van der Waals surface area (Å²) < 4.78 is 11.1. The van der Waals surface area contributed by atoms with E-state index in [4.69, 9.17) is 9.47 Å². The standard InChI is InChI=1S/C15H18N2O4/c1-15(2)14(19)16-6-7-17(15)13(18)10-4-3-5-11-12(10)21-9-8-20-11/h3-5H,6-9H2,1-2H3,(H,16,19). The summed E-state index contributed by atoms with van der Waals surface area (Å²) in [5.74, 6) is 0.683. The lowest BCUT2D eigenvalue weighted by molar-refractivity contribution is -0.133. The van der Waals surface area contributed by atoms with Crippen LogP contribution in [-0.2, 0) is 4.79 Å². The highest BCUT2D eigenvalue weighted by Gasteiger charge is 2.41. The number of piperazine rings is 1. The smallest absolute Gasteiger partial charge is 0.258 e. The number of para-hydroxylation sites is 1. The molecule has 2 aliphatic heterocycles. The maximum absolute atomic E-state index is 12.8. The highest BCUT2D eigenvalue weighted by atomic mass is 16.6. The third-order valence-corrected chi connectivity index (χ3v) is 3.89. The van der Waals surface area contributed by atoms with Crippen LogP contribution in [-0.4, -0.2) is 48.6 Å². The van der Waals surface area contributed by atoms with E-state index in [0.717, 1.165) is 0 Å². The van der Waals surface area contributed by atoms with Crippen LogP contribution in [0.3, 0.4) is 0 Å². The fourth-order valence-electron chi connectivity index (χ4n) is 2.64. The Morgan fingerprint density at radius 2 is 2.05 bits per heavy atom. The lowest BCUT2D eigenvalue weighted by Crippen LogP contribution is -2.63. The zero-order valence-corrected chi connectivity index (χ0v) is 12.1. The number of rotatable bonds is 1. The summed E-state index contributed by atoms with van der Waals surface area (Å²) in [6, 6.07) is 5.25. The van der Waals surface area contributed by atoms with Crippen LogP contribution in [0.15, 0.2) is 18.2 Å². The molecular weight excluding hydrogens is 272 g/mol. The summed E-state index contributed by atoms with van der Waals surface area (Å²) >= 11 is 0. The Bertz CT molecular complexity index is 597. The summed E-state index contributed by atoms with van der Waals surface area (Å²) in [5.41, 5.74) is -0.442. The van der Waals surface area contributed by atoms with Gasteiger partial charge in [-0.25, -0.2) is 0 Å². The first-order chi connectivity index (χ1) is 10.0. The molecule has 0 atom stereocenters. The van der Waals surface area contributed by atoms with Crippen LogP contribution in [0, 0.1) is 0 Å². The SMILES string of the molecule is CC1(C)C(=O)NCCN1C(=O)c1cccc2c1OCCO2. The number of hydrogen-bond donors (Lipinski definition) is 1. The predicted molar refractivity (Wildman–Crippen MR) is 75.6 cm³/mol. The lowest BCUT2D eigenvalue weighted by atomic mass is 9.97. The summed E-state index contributed by atoms with van der Waals surface area (Å²) in [7, 11) is 0. The van der Waals surface area contributed by atoms with Gasteiger partial charge in [-0.3, -0.25) is 9.59 Å². The Morgan fingerprint density at radius 1 is 1.29 bits per heavy atom. The third-order valence-electron chi connectivity index (χ3n) is 3.89. The van der Waals surface area contributed by atoms with Crippen molar-refractivity contribution in [3.63, 3.8) is 0 Å². The second-order valence-corrected chi connectivity index (χ2v) is 5.60. The summed E-state index contributed by atoms with van der Waals surface area (Å²) in [6.07, 6.45) is 0. The molecule has 0 bridgehead atoms. The quantitative estimate of drug-likeness (QED) is 0.831. The van der Waals surface area contributed by atoms with E-state index in [1.54, 1.807) is 36.9 Å². The Labute approximate surface area is 123 Å². The van der Waals surface area contributed by atoms with Crippen LogP contribution in [0.2, 0.25) is 0 Å². The monoisotopic (exact) mass is 290 g/mol. The largest absolute Gasteiger partial charge is 0.486 e. The van der Waals surface area contributed by atoms with Crippen molar-refractivity contribution in [3.05, 3.63) is 23.8 Å². The second kappa shape index (κ2) is 4.95. The van der Waals surface area contributed by atoms with E-state index in [-0.39, 0.29) is 11.8 Å². The molecular formula is C15H18N2O4. The van der Waals surface area contributed by atoms with Gasteiger partial charge in [0.05, 0.1) is 5.56 Å². The second-order valence-electron chi connectivity index (χ2n) is 5.60. The van der Waals surface area contributed by atoms with Crippen LogP contribution in [0.25, 0.3) is 0 Å². The Morgan fingerprint density at radius 3 is 2.86 bits per heavy atom. The molecule has 21 heavy (non-hydrogen) atoms. The molecule has 1 N–H and O–H groups in total. The van der Waals surface area contributed by atoms with Crippen LogP contribution >= 0.6 is 0 Å². The van der Waals surface area contributed by atoms with E-state index in [2.05, 4.69) is 5.32 Å². The number of ether oxygens (including phenoxy) is 2. The highest BCUT2D eigenvalue weighted by Crippen LogP contribution is 2.35. The van der Waals surface area contributed by atoms with Gasteiger partial charge in [0, 0.05) is 13.1 Å². The van der Waals surface area contributed by atoms with Crippen molar-refractivity contribution in [2.45, 2.75) is 19.4 Å². The Hall–Kier alpha value is -2.24. The van der Waals surface area contributed by atoms with Gasteiger partial charge in [0.25, 0.3) is 5.91 Å². The molecule has 3 rings (SSSR count). The maximum atomic E-state index is 12.8. The van der Waals surface area contributed by atoms with E-state index in [0.29, 0.717) is 43.4 Å². The average molecular weight is 290 g/mol. The molecule has 1 aromatic rings. The van der Waals surface area contributed by atoms with E-state index in [9.17, 15) is 9.59 Å². The molecule has 0 unspecified atom stereocenters. The zero-order valence-electron chi connectivity index (χ0n) is 12.1. The van der Waals surface area contributed by atoms with Crippen LogP contribution in [0.5, 0.6) is 11.5 Å². The van der Waals surface area contributed by atoms with Crippen LogP contribution in [0.4, 0.5) is 0 Å². The van der Waals surface area contributed by atoms with Crippen LogP contribution in [0.1, 0.15) is 24.2 Å². The minimum absolute atomic E-state index is 0.149. The van der Waals surface area contributed by atoms with Crippen molar-refractivity contribution in [2.24, 2.45) is 0 Å². The van der Waals surface area contributed by atoms with Gasteiger partial charge in [0.1, 0.15) is 18.8 Å². The van der Waals surface area contributed by atoms with Gasteiger partial charge < -0.3 is 19.7 Å². The van der Waals surface area contributed by atoms with Crippen molar-refractivity contribution in [3.8, 4) is 11.5 Å². The average Bonchev–Trinajstić information content (AvgIpc) is 2.49. The van der Waals surface area contributed by atoms with Crippen molar-refractivity contribution >= 4 is 11.8 Å². The van der Waals surface area contributed by atoms with E-state index in [1.807, 2.05) is 0 Å². The van der Waals surface area contributed by atoms with Gasteiger partial charge in [-0.05, 0) is 26.0 Å². The number of nitrogens with zero attached hydrogens (tertiary/aromatic N) is 1. The molecule has 6 nitrogen and oxygen atoms in total. The number of amides is 2. The first-order valence-electron chi connectivity index (χ1n) is 7.00. The molecule has 1 aromatic carbocycles. The van der Waals surface area contributed by atoms with Crippen molar-refractivity contribution in [1.82, 2.24) is 10.2 Å². The molecule has 112 valence electrons. The van der Waals surface area contributed by atoms with Gasteiger partial charge in [-0.2, -0.15) is 0 Å². The number of benzene rings is 1. The van der Waals surface area contributed by atoms with E-state index in [1.165, 1.54) is 0 Å². The molecule has 0 radical (unpaired) electrons. The first-order valence-corrected chi connectivity index (χ1v) is 7.00. The van der Waals surface area contributed by atoms with E-state index >= 15 is 0 Å².